The molecule has 192 valence electrons. The van der Waals surface area contributed by atoms with E-state index in [2.05, 4.69) is 56.6 Å². The van der Waals surface area contributed by atoms with Gasteiger partial charge in [-0.05, 0) is 47.9 Å². The van der Waals surface area contributed by atoms with Crippen molar-refractivity contribution in [3.63, 3.8) is 0 Å². The summed E-state index contributed by atoms with van der Waals surface area (Å²) in [6, 6.07) is 14.1. The Balaban J connectivity index is 1.29. The summed E-state index contributed by atoms with van der Waals surface area (Å²) in [7, 11) is 0. The molecule has 1 N–H and O–H groups in total. The number of benzene rings is 2. The first-order chi connectivity index (χ1) is 18.1. The highest BCUT2D eigenvalue weighted by Crippen LogP contribution is 2.33. The van der Waals surface area contributed by atoms with Crippen LogP contribution in [-0.2, 0) is 30.9 Å². The molecule has 2 aliphatic heterocycles. The predicted octanol–water partition coefficient (Wildman–Crippen LogP) is 2.98. The van der Waals surface area contributed by atoms with Crippen LogP contribution in [0.2, 0.25) is 0 Å². The lowest BCUT2D eigenvalue weighted by molar-refractivity contribution is 0.0914. The summed E-state index contributed by atoms with van der Waals surface area (Å²) in [5.74, 6) is 2.10. The van der Waals surface area contributed by atoms with Gasteiger partial charge in [0, 0.05) is 36.7 Å². The highest BCUT2D eigenvalue weighted by Gasteiger charge is 2.21. The topological polar surface area (TPSA) is 107 Å². The van der Waals surface area contributed by atoms with E-state index in [-0.39, 0.29) is 11.7 Å². The Labute approximate surface area is 214 Å². The zero-order chi connectivity index (χ0) is 25.2. The molecule has 0 spiro atoms. The van der Waals surface area contributed by atoms with E-state index in [1.807, 2.05) is 22.9 Å². The number of nitrogens with zero attached hydrogens (tertiary/aromatic N) is 5. The molecule has 1 saturated heterocycles. The summed E-state index contributed by atoms with van der Waals surface area (Å²) in [6.45, 7) is 6.07. The summed E-state index contributed by atoms with van der Waals surface area (Å²) in [5, 5.41) is 13.3. The van der Waals surface area contributed by atoms with Crippen LogP contribution >= 0.6 is 0 Å². The molecule has 2 aromatic heterocycles. The van der Waals surface area contributed by atoms with E-state index >= 15 is 0 Å². The summed E-state index contributed by atoms with van der Waals surface area (Å²) in [6.07, 6.45) is 2.21. The Bertz CT molecular complexity index is 1440. The lowest BCUT2D eigenvalue weighted by Gasteiger charge is -2.23. The SMILES string of the molecule is Cc1ccc(CN(Cc2cc3cc4c(cc3[nH]c2=O)OCCO4)Cc2nnnn2C[C@@H]2CCCO2)cc1. The van der Waals surface area contributed by atoms with Crippen LogP contribution in [0.1, 0.15) is 35.4 Å². The lowest BCUT2D eigenvalue weighted by Crippen LogP contribution is -2.29. The van der Waals surface area contributed by atoms with Gasteiger partial charge < -0.3 is 19.2 Å². The number of hydrogen-bond acceptors (Lipinski definition) is 8. The molecule has 2 aromatic carbocycles. The molecule has 0 amide bonds. The van der Waals surface area contributed by atoms with Gasteiger partial charge in [0.1, 0.15) is 13.2 Å². The second-order valence-corrected chi connectivity index (χ2v) is 9.75. The molecule has 37 heavy (non-hydrogen) atoms. The van der Waals surface area contributed by atoms with Gasteiger partial charge in [-0.1, -0.05) is 29.8 Å². The minimum absolute atomic E-state index is 0.128. The molecule has 0 bridgehead atoms. The number of rotatable bonds is 8. The standard InChI is InChI=1S/C27H30N6O4/c1-18-4-6-19(7-5-18)14-32(17-26-29-30-31-33(26)16-22-3-2-8-35-22)15-21-11-20-12-24-25(37-10-9-36-24)13-23(20)28-27(21)34/h4-7,11-13,22H,2-3,8-10,14-17H2,1H3,(H,28,34)/t22-/m0/s1. The van der Waals surface area contributed by atoms with E-state index in [9.17, 15) is 4.79 Å². The highest BCUT2D eigenvalue weighted by molar-refractivity contribution is 5.83. The van der Waals surface area contributed by atoms with Gasteiger partial charge in [-0.2, -0.15) is 0 Å². The van der Waals surface area contributed by atoms with Crippen LogP contribution in [0, 0.1) is 6.92 Å². The van der Waals surface area contributed by atoms with Crippen LogP contribution in [0.4, 0.5) is 0 Å². The van der Waals surface area contributed by atoms with Crippen molar-refractivity contribution in [2.75, 3.05) is 19.8 Å². The molecule has 0 saturated carbocycles. The Morgan fingerprint density at radius 1 is 1.03 bits per heavy atom. The van der Waals surface area contributed by atoms with Crippen molar-refractivity contribution in [3.8, 4) is 11.5 Å². The van der Waals surface area contributed by atoms with E-state index in [4.69, 9.17) is 14.2 Å². The number of fused-ring (bicyclic) bond motifs is 2. The Hall–Kier alpha value is -3.76. The number of pyridine rings is 1. The third-order valence-corrected chi connectivity index (χ3v) is 6.88. The van der Waals surface area contributed by atoms with E-state index in [0.29, 0.717) is 56.5 Å². The quantitative estimate of drug-likeness (QED) is 0.392. The van der Waals surface area contributed by atoms with E-state index in [1.165, 1.54) is 5.56 Å². The molecule has 0 radical (unpaired) electrons. The average Bonchev–Trinajstić information content (AvgIpc) is 3.57. The Kier molecular flexibility index (Phi) is 6.58. The third kappa shape index (κ3) is 5.35. The zero-order valence-corrected chi connectivity index (χ0v) is 20.9. The molecule has 4 aromatic rings. The van der Waals surface area contributed by atoms with E-state index < -0.39 is 0 Å². The molecule has 0 aliphatic carbocycles. The molecular formula is C27H30N6O4. The summed E-state index contributed by atoms with van der Waals surface area (Å²) in [4.78, 5) is 18.3. The first-order valence-corrected chi connectivity index (χ1v) is 12.7. The molecule has 2 aliphatic rings. The molecule has 1 fully saturated rings. The van der Waals surface area contributed by atoms with Crippen molar-refractivity contribution < 1.29 is 14.2 Å². The van der Waals surface area contributed by atoms with Crippen LogP contribution in [0.15, 0.2) is 47.3 Å². The van der Waals surface area contributed by atoms with Crippen molar-refractivity contribution in [1.82, 2.24) is 30.1 Å². The number of H-pyrrole nitrogens is 1. The first kappa shape index (κ1) is 23.6. The Morgan fingerprint density at radius 3 is 2.62 bits per heavy atom. The molecule has 10 heteroatoms. The fourth-order valence-corrected chi connectivity index (χ4v) is 4.93. The van der Waals surface area contributed by atoms with Gasteiger partial charge in [-0.25, -0.2) is 4.68 Å². The lowest BCUT2D eigenvalue weighted by atomic mass is 10.1. The van der Waals surface area contributed by atoms with Crippen LogP contribution in [0.25, 0.3) is 10.9 Å². The van der Waals surface area contributed by atoms with Gasteiger partial charge in [0.25, 0.3) is 5.56 Å². The number of aromatic amines is 1. The second kappa shape index (κ2) is 10.3. The van der Waals surface area contributed by atoms with Gasteiger partial charge in [0.2, 0.25) is 0 Å². The van der Waals surface area contributed by atoms with Crippen molar-refractivity contribution in [3.05, 3.63) is 75.3 Å². The van der Waals surface area contributed by atoms with E-state index in [0.717, 1.165) is 41.7 Å². The summed E-state index contributed by atoms with van der Waals surface area (Å²) < 4.78 is 19.0. The summed E-state index contributed by atoms with van der Waals surface area (Å²) >= 11 is 0. The van der Waals surface area contributed by atoms with Gasteiger partial charge >= 0.3 is 0 Å². The van der Waals surface area contributed by atoms with Gasteiger partial charge in [0.05, 0.1) is 24.7 Å². The number of hydrogen-bond donors (Lipinski definition) is 1. The molecule has 6 rings (SSSR count). The number of nitrogens with one attached hydrogen (secondary N) is 1. The number of aryl methyl sites for hydroxylation is 1. The minimum atomic E-state index is -0.128. The third-order valence-electron chi connectivity index (χ3n) is 6.88. The number of tetrazole rings is 1. The second-order valence-electron chi connectivity index (χ2n) is 9.75. The van der Waals surface area contributed by atoms with Crippen molar-refractivity contribution in [1.29, 1.82) is 0 Å². The summed E-state index contributed by atoms with van der Waals surface area (Å²) in [5.41, 5.74) is 3.62. The maximum absolute atomic E-state index is 13.1. The maximum Gasteiger partial charge on any atom is 0.252 e. The predicted molar refractivity (Wildman–Crippen MR) is 136 cm³/mol. The smallest absolute Gasteiger partial charge is 0.252 e. The largest absolute Gasteiger partial charge is 0.486 e. The molecule has 0 unspecified atom stereocenters. The first-order valence-electron chi connectivity index (χ1n) is 12.7. The van der Waals surface area contributed by atoms with Gasteiger partial charge in [0.15, 0.2) is 17.3 Å². The van der Waals surface area contributed by atoms with Crippen LogP contribution in [-0.4, -0.2) is 56.0 Å². The molecule has 10 nitrogen and oxygen atoms in total. The fraction of sp³-hybridized carbons (Fsp3) is 0.407. The van der Waals surface area contributed by atoms with E-state index in [1.54, 1.807) is 0 Å². The van der Waals surface area contributed by atoms with Gasteiger partial charge in [-0.15, -0.1) is 5.10 Å². The van der Waals surface area contributed by atoms with Crippen LogP contribution in [0.3, 0.4) is 0 Å². The highest BCUT2D eigenvalue weighted by atomic mass is 16.6. The Morgan fingerprint density at radius 2 is 1.84 bits per heavy atom. The number of ether oxygens (including phenoxy) is 3. The maximum atomic E-state index is 13.1. The molecule has 4 heterocycles. The van der Waals surface area contributed by atoms with Crippen LogP contribution < -0.4 is 15.0 Å². The van der Waals surface area contributed by atoms with Crippen molar-refractivity contribution in [2.24, 2.45) is 0 Å². The van der Waals surface area contributed by atoms with Crippen molar-refractivity contribution in [2.45, 2.75) is 52.0 Å². The van der Waals surface area contributed by atoms with Gasteiger partial charge in [-0.3, -0.25) is 9.69 Å². The monoisotopic (exact) mass is 502 g/mol. The average molecular weight is 503 g/mol. The molecular weight excluding hydrogens is 472 g/mol. The zero-order valence-electron chi connectivity index (χ0n) is 20.9. The van der Waals surface area contributed by atoms with Crippen LogP contribution in [0.5, 0.6) is 11.5 Å². The fourth-order valence-electron chi connectivity index (χ4n) is 4.93. The number of aromatic nitrogens is 5. The van der Waals surface area contributed by atoms with Crippen molar-refractivity contribution >= 4 is 10.9 Å². The minimum Gasteiger partial charge on any atom is -0.486 e. The molecule has 1 atom stereocenters. The normalized spacial score (nSPS) is 17.1.